The van der Waals surface area contributed by atoms with Crippen molar-refractivity contribution in [2.24, 2.45) is 0 Å². The van der Waals surface area contributed by atoms with Gasteiger partial charge in [0.1, 0.15) is 12.0 Å². The van der Waals surface area contributed by atoms with E-state index in [1.165, 1.54) is 12.1 Å². The topological polar surface area (TPSA) is 69.2 Å². The first kappa shape index (κ1) is 12.1. The van der Waals surface area contributed by atoms with Gasteiger partial charge in [0, 0.05) is 23.3 Å². The van der Waals surface area contributed by atoms with Crippen LogP contribution in [0.1, 0.15) is 0 Å². The highest BCUT2D eigenvalue weighted by atomic mass is 16.6. The summed E-state index contributed by atoms with van der Waals surface area (Å²) < 4.78 is 5.05. The maximum absolute atomic E-state index is 10.7. The molecule has 0 atom stereocenters. The van der Waals surface area contributed by atoms with E-state index >= 15 is 0 Å². The van der Waals surface area contributed by atoms with Crippen LogP contribution in [-0.4, -0.2) is 10.1 Å². The molecule has 1 heterocycles. The number of nitro groups is 1. The zero-order valence-electron chi connectivity index (χ0n) is 10.4. The molecule has 5 heteroatoms. The SMILES string of the molecule is O=[N+]([O-])c1ccc(-c2nocc2-c2ccccc2)cc1. The molecule has 0 saturated heterocycles. The van der Waals surface area contributed by atoms with Gasteiger partial charge in [-0.05, 0) is 17.7 Å². The van der Waals surface area contributed by atoms with Gasteiger partial charge in [-0.1, -0.05) is 35.5 Å². The van der Waals surface area contributed by atoms with Gasteiger partial charge in [0.25, 0.3) is 5.69 Å². The molecule has 3 aromatic rings. The van der Waals surface area contributed by atoms with Gasteiger partial charge in [-0.3, -0.25) is 10.1 Å². The fourth-order valence-corrected chi connectivity index (χ4v) is 2.01. The van der Waals surface area contributed by atoms with Crippen LogP contribution in [-0.2, 0) is 0 Å². The van der Waals surface area contributed by atoms with Gasteiger partial charge in [0.05, 0.1) is 4.92 Å². The number of nitro benzene ring substituents is 1. The van der Waals surface area contributed by atoms with Crippen molar-refractivity contribution >= 4 is 5.69 Å². The van der Waals surface area contributed by atoms with Crippen molar-refractivity contribution in [3.63, 3.8) is 0 Å². The molecule has 0 aliphatic rings. The Labute approximate surface area is 114 Å². The van der Waals surface area contributed by atoms with Crippen LogP contribution in [0.2, 0.25) is 0 Å². The molecule has 98 valence electrons. The summed E-state index contributed by atoms with van der Waals surface area (Å²) in [6, 6.07) is 16.0. The summed E-state index contributed by atoms with van der Waals surface area (Å²) in [5, 5.41) is 14.7. The van der Waals surface area contributed by atoms with E-state index < -0.39 is 4.92 Å². The fourth-order valence-electron chi connectivity index (χ4n) is 2.01. The lowest BCUT2D eigenvalue weighted by molar-refractivity contribution is -0.384. The quantitative estimate of drug-likeness (QED) is 0.532. The zero-order valence-corrected chi connectivity index (χ0v) is 10.4. The number of rotatable bonds is 3. The molecule has 0 N–H and O–H groups in total. The molecule has 0 spiro atoms. The van der Waals surface area contributed by atoms with Crippen molar-refractivity contribution in [3.8, 4) is 22.4 Å². The molecule has 20 heavy (non-hydrogen) atoms. The van der Waals surface area contributed by atoms with Crippen molar-refractivity contribution in [1.82, 2.24) is 5.16 Å². The Morgan fingerprint density at radius 2 is 1.65 bits per heavy atom. The number of non-ortho nitro benzene ring substituents is 1. The summed E-state index contributed by atoms with van der Waals surface area (Å²) in [6.45, 7) is 0. The lowest BCUT2D eigenvalue weighted by Crippen LogP contribution is -1.88. The third kappa shape index (κ3) is 2.16. The number of hydrogen-bond donors (Lipinski definition) is 0. The average Bonchev–Trinajstić information content (AvgIpc) is 2.97. The molecule has 0 unspecified atom stereocenters. The van der Waals surface area contributed by atoms with Crippen molar-refractivity contribution in [2.45, 2.75) is 0 Å². The Balaban J connectivity index is 2.04. The van der Waals surface area contributed by atoms with Crippen LogP contribution in [0.3, 0.4) is 0 Å². The van der Waals surface area contributed by atoms with Gasteiger partial charge in [-0.25, -0.2) is 0 Å². The molecule has 0 amide bonds. The highest BCUT2D eigenvalue weighted by Crippen LogP contribution is 2.31. The van der Waals surface area contributed by atoms with Crippen LogP contribution < -0.4 is 0 Å². The van der Waals surface area contributed by atoms with E-state index in [1.54, 1.807) is 18.4 Å². The standard InChI is InChI=1S/C15H10N2O3/c18-17(19)13-8-6-12(7-9-13)15-14(10-20-16-15)11-4-2-1-3-5-11/h1-10H. The first-order chi connectivity index (χ1) is 9.75. The normalized spacial score (nSPS) is 10.4. The van der Waals surface area contributed by atoms with Crippen molar-refractivity contribution in [2.75, 3.05) is 0 Å². The van der Waals surface area contributed by atoms with Crippen LogP contribution in [0.5, 0.6) is 0 Å². The molecule has 0 saturated carbocycles. The summed E-state index contributed by atoms with van der Waals surface area (Å²) in [6.07, 6.45) is 1.58. The molecule has 3 rings (SSSR count). The predicted octanol–water partition coefficient (Wildman–Crippen LogP) is 3.92. The highest BCUT2D eigenvalue weighted by molar-refractivity contribution is 5.80. The van der Waals surface area contributed by atoms with E-state index in [-0.39, 0.29) is 5.69 Å². The molecule has 5 nitrogen and oxygen atoms in total. The lowest BCUT2D eigenvalue weighted by atomic mass is 10.0. The summed E-state index contributed by atoms with van der Waals surface area (Å²) in [4.78, 5) is 10.2. The Morgan fingerprint density at radius 1 is 0.950 bits per heavy atom. The Kier molecular flexibility index (Phi) is 3.01. The van der Waals surface area contributed by atoms with Gasteiger partial charge < -0.3 is 4.52 Å². The molecule has 2 aromatic carbocycles. The van der Waals surface area contributed by atoms with E-state index in [0.717, 1.165) is 16.7 Å². The lowest BCUT2D eigenvalue weighted by Gasteiger charge is -2.01. The smallest absolute Gasteiger partial charge is 0.269 e. The van der Waals surface area contributed by atoms with Gasteiger partial charge in [-0.15, -0.1) is 0 Å². The van der Waals surface area contributed by atoms with E-state index in [2.05, 4.69) is 5.16 Å². The minimum atomic E-state index is -0.426. The fraction of sp³-hybridized carbons (Fsp3) is 0. The first-order valence-electron chi connectivity index (χ1n) is 6.00. The van der Waals surface area contributed by atoms with Crippen molar-refractivity contribution in [1.29, 1.82) is 0 Å². The molecular weight excluding hydrogens is 256 g/mol. The second-order valence-corrected chi connectivity index (χ2v) is 4.25. The van der Waals surface area contributed by atoms with Crippen LogP contribution in [0.25, 0.3) is 22.4 Å². The van der Waals surface area contributed by atoms with E-state index in [4.69, 9.17) is 4.52 Å². The second-order valence-electron chi connectivity index (χ2n) is 4.25. The molecule has 0 aliphatic heterocycles. The molecule has 0 radical (unpaired) electrons. The van der Waals surface area contributed by atoms with E-state index in [9.17, 15) is 10.1 Å². The second kappa shape index (κ2) is 4.97. The summed E-state index contributed by atoms with van der Waals surface area (Å²) in [7, 11) is 0. The molecular formula is C15H10N2O3. The third-order valence-electron chi connectivity index (χ3n) is 3.01. The monoisotopic (exact) mass is 266 g/mol. The average molecular weight is 266 g/mol. The third-order valence-corrected chi connectivity index (χ3v) is 3.01. The highest BCUT2D eigenvalue weighted by Gasteiger charge is 2.13. The van der Waals surface area contributed by atoms with Crippen LogP contribution >= 0.6 is 0 Å². The Hall–Kier alpha value is -2.95. The minimum Gasteiger partial charge on any atom is -0.363 e. The molecule has 1 aromatic heterocycles. The van der Waals surface area contributed by atoms with Gasteiger partial charge in [-0.2, -0.15) is 0 Å². The first-order valence-corrected chi connectivity index (χ1v) is 6.00. The van der Waals surface area contributed by atoms with Crippen LogP contribution in [0, 0.1) is 10.1 Å². The van der Waals surface area contributed by atoms with Gasteiger partial charge in [0.15, 0.2) is 0 Å². The summed E-state index contributed by atoms with van der Waals surface area (Å²) in [5.74, 6) is 0. The van der Waals surface area contributed by atoms with Crippen molar-refractivity contribution < 1.29 is 9.45 Å². The Morgan fingerprint density at radius 3 is 2.30 bits per heavy atom. The van der Waals surface area contributed by atoms with Gasteiger partial charge >= 0.3 is 0 Å². The largest absolute Gasteiger partial charge is 0.363 e. The molecule has 0 aliphatic carbocycles. The van der Waals surface area contributed by atoms with Crippen molar-refractivity contribution in [3.05, 3.63) is 71.0 Å². The zero-order chi connectivity index (χ0) is 13.9. The maximum atomic E-state index is 10.7. The maximum Gasteiger partial charge on any atom is 0.269 e. The summed E-state index contributed by atoms with van der Waals surface area (Å²) >= 11 is 0. The minimum absolute atomic E-state index is 0.0542. The van der Waals surface area contributed by atoms with E-state index in [0.29, 0.717) is 5.69 Å². The predicted molar refractivity (Wildman–Crippen MR) is 74.0 cm³/mol. The van der Waals surface area contributed by atoms with Gasteiger partial charge in [0.2, 0.25) is 0 Å². The van der Waals surface area contributed by atoms with E-state index in [1.807, 2.05) is 30.3 Å². The van der Waals surface area contributed by atoms with Crippen LogP contribution in [0.15, 0.2) is 65.4 Å². The number of hydrogen-bond acceptors (Lipinski definition) is 4. The molecule has 0 fully saturated rings. The Bertz CT molecular complexity index is 733. The number of nitrogens with zero attached hydrogens (tertiary/aromatic N) is 2. The van der Waals surface area contributed by atoms with Crippen LogP contribution in [0.4, 0.5) is 5.69 Å². The number of benzene rings is 2. The summed E-state index contributed by atoms with van der Waals surface area (Å²) in [5.41, 5.74) is 3.36. The number of aromatic nitrogens is 1. The molecule has 0 bridgehead atoms.